The van der Waals surface area contributed by atoms with Gasteiger partial charge in [-0.2, -0.15) is 0 Å². The van der Waals surface area contributed by atoms with Crippen LogP contribution in [0.25, 0.3) is 17.3 Å². The molecule has 32 heavy (non-hydrogen) atoms. The average Bonchev–Trinajstić information content (AvgIpc) is 3.51. The molecule has 166 valence electrons. The third-order valence-electron chi connectivity index (χ3n) is 5.95. The number of H-pyrrole nitrogens is 1. The Hall–Kier alpha value is -3.32. The number of allylic oxidation sites excluding steroid dienone is 1. The number of nitrogens with one attached hydrogen (secondary N) is 1. The minimum absolute atomic E-state index is 0.0231. The Morgan fingerprint density at radius 1 is 1.25 bits per heavy atom. The Morgan fingerprint density at radius 3 is 2.91 bits per heavy atom. The molecule has 0 bridgehead atoms. The van der Waals surface area contributed by atoms with Gasteiger partial charge in [0.05, 0.1) is 24.1 Å². The van der Waals surface area contributed by atoms with Gasteiger partial charge in [0, 0.05) is 23.5 Å². The van der Waals surface area contributed by atoms with Gasteiger partial charge in [-0.3, -0.25) is 9.59 Å². The molecule has 0 saturated carbocycles. The number of benzene rings is 1. The maximum Gasteiger partial charge on any atom is 0.263 e. The van der Waals surface area contributed by atoms with Crippen molar-refractivity contribution >= 4 is 17.6 Å². The van der Waals surface area contributed by atoms with Gasteiger partial charge in [-0.05, 0) is 30.9 Å². The fraction of sp³-hybridized carbons (Fsp3) is 0.360. The highest BCUT2D eigenvalue weighted by molar-refractivity contribution is 6.04. The molecule has 2 heterocycles. The molecule has 0 radical (unpaired) electrons. The largest absolute Gasteiger partial charge is 0.442 e. The highest BCUT2D eigenvalue weighted by Gasteiger charge is 2.22. The van der Waals surface area contributed by atoms with E-state index in [0.717, 1.165) is 60.3 Å². The van der Waals surface area contributed by atoms with E-state index in [2.05, 4.69) is 15.0 Å². The van der Waals surface area contributed by atoms with Crippen LogP contribution in [0.4, 0.5) is 0 Å². The minimum atomic E-state index is -0.199. The van der Waals surface area contributed by atoms with Crippen molar-refractivity contribution in [3.63, 3.8) is 0 Å². The number of carbonyl (C=O) groups is 2. The Balaban J connectivity index is 1.30. The van der Waals surface area contributed by atoms with Crippen LogP contribution < -0.4 is 5.73 Å². The summed E-state index contributed by atoms with van der Waals surface area (Å²) < 4.78 is 5.02. The van der Waals surface area contributed by atoms with E-state index in [1.54, 1.807) is 6.20 Å². The smallest absolute Gasteiger partial charge is 0.263 e. The summed E-state index contributed by atoms with van der Waals surface area (Å²) in [5, 5.41) is 0. The number of unbranched alkanes of at least 4 members (excludes halogenated alkanes) is 2. The van der Waals surface area contributed by atoms with Crippen molar-refractivity contribution in [2.75, 3.05) is 0 Å². The lowest BCUT2D eigenvalue weighted by atomic mass is 9.86. The normalized spacial score (nSPS) is 16.2. The van der Waals surface area contributed by atoms with Crippen molar-refractivity contribution in [3.05, 3.63) is 65.8 Å². The van der Waals surface area contributed by atoms with Crippen molar-refractivity contribution in [3.8, 4) is 11.3 Å². The third kappa shape index (κ3) is 4.78. The number of oxazole rings is 1. The number of carbonyl (C=O) groups excluding carboxylic acids is 2. The van der Waals surface area contributed by atoms with Crippen molar-refractivity contribution in [2.45, 2.75) is 51.5 Å². The SMILES string of the molecule is CCC1C=Cc2cc(-c3cnc([C@@H](N)CCCCCC(=O)c4ncco4)[nH]3)ccc2C1=O. The van der Waals surface area contributed by atoms with Gasteiger partial charge in [0.15, 0.2) is 5.78 Å². The topological polar surface area (TPSA) is 115 Å². The summed E-state index contributed by atoms with van der Waals surface area (Å²) in [6.07, 6.45) is 13.3. The second kappa shape index (κ2) is 9.87. The summed E-state index contributed by atoms with van der Waals surface area (Å²) in [5.41, 5.74) is 9.91. The molecule has 1 aliphatic carbocycles. The van der Waals surface area contributed by atoms with Crippen LogP contribution in [0.5, 0.6) is 0 Å². The number of hydrogen-bond donors (Lipinski definition) is 2. The van der Waals surface area contributed by atoms with Crippen LogP contribution in [0.15, 0.2) is 47.3 Å². The first-order chi connectivity index (χ1) is 15.6. The van der Waals surface area contributed by atoms with Gasteiger partial charge in [-0.15, -0.1) is 0 Å². The maximum absolute atomic E-state index is 12.5. The molecular formula is C25H28N4O3. The molecule has 4 rings (SSSR count). The Kier molecular flexibility index (Phi) is 6.75. The van der Waals surface area contributed by atoms with Crippen LogP contribution in [0, 0.1) is 5.92 Å². The first-order valence-electron chi connectivity index (χ1n) is 11.2. The summed E-state index contributed by atoms with van der Waals surface area (Å²) in [4.78, 5) is 36.1. The molecule has 3 aromatic rings. The molecule has 1 aliphatic rings. The zero-order valence-corrected chi connectivity index (χ0v) is 18.2. The summed E-state index contributed by atoms with van der Waals surface area (Å²) in [6, 6.07) is 5.68. The molecule has 0 spiro atoms. The van der Waals surface area contributed by atoms with Gasteiger partial charge in [0.25, 0.3) is 5.89 Å². The van der Waals surface area contributed by atoms with Gasteiger partial charge < -0.3 is 15.1 Å². The molecule has 7 heteroatoms. The number of fused-ring (bicyclic) bond motifs is 1. The van der Waals surface area contributed by atoms with Gasteiger partial charge >= 0.3 is 0 Å². The van der Waals surface area contributed by atoms with E-state index in [9.17, 15) is 9.59 Å². The molecule has 0 aliphatic heterocycles. The quantitative estimate of drug-likeness (QED) is 0.339. The second-order valence-corrected chi connectivity index (χ2v) is 8.19. The van der Waals surface area contributed by atoms with E-state index < -0.39 is 0 Å². The van der Waals surface area contributed by atoms with Crippen LogP contribution in [-0.4, -0.2) is 26.5 Å². The highest BCUT2D eigenvalue weighted by Crippen LogP contribution is 2.29. The number of rotatable bonds is 10. The lowest BCUT2D eigenvalue weighted by Gasteiger charge is -2.17. The van der Waals surface area contributed by atoms with Crippen molar-refractivity contribution in [1.29, 1.82) is 0 Å². The fourth-order valence-electron chi connectivity index (χ4n) is 4.02. The summed E-state index contributed by atoms with van der Waals surface area (Å²) in [7, 11) is 0. The molecule has 2 aromatic heterocycles. The van der Waals surface area contributed by atoms with Gasteiger partial charge in [0.2, 0.25) is 5.78 Å². The van der Waals surface area contributed by atoms with Crippen LogP contribution in [0.2, 0.25) is 0 Å². The van der Waals surface area contributed by atoms with E-state index >= 15 is 0 Å². The molecule has 0 fully saturated rings. The maximum atomic E-state index is 12.5. The first kappa shape index (κ1) is 21.9. The number of Topliss-reactive ketones (excluding diaryl/α,β-unsaturated/α-hetero) is 2. The van der Waals surface area contributed by atoms with E-state index in [-0.39, 0.29) is 29.4 Å². The monoisotopic (exact) mass is 432 g/mol. The predicted octanol–water partition coefficient (Wildman–Crippen LogP) is 5.13. The van der Waals surface area contributed by atoms with E-state index in [4.69, 9.17) is 10.2 Å². The number of ketones is 2. The first-order valence-corrected chi connectivity index (χ1v) is 11.2. The standard InChI is InChI=1S/C25H28N4O3/c1-2-16-8-9-17-14-18(10-11-19(17)23(16)31)21-15-28-24(29-21)20(26)6-4-3-5-7-22(30)25-27-12-13-32-25/h8-16,20H,2-7,26H2,1H3,(H,28,29)/t16?,20-/m0/s1. The number of aromatic nitrogens is 3. The number of hydrogen-bond acceptors (Lipinski definition) is 6. The molecule has 3 N–H and O–H groups in total. The second-order valence-electron chi connectivity index (χ2n) is 8.19. The predicted molar refractivity (Wildman–Crippen MR) is 122 cm³/mol. The molecule has 0 amide bonds. The highest BCUT2D eigenvalue weighted by atomic mass is 16.3. The Labute approximate surface area is 187 Å². The summed E-state index contributed by atoms with van der Waals surface area (Å²) >= 11 is 0. The Bertz CT molecular complexity index is 1110. The summed E-state index contributed by atoms with van der Waals surface area (Å²) in [5.74, 6) is 1.01. The molecule has 1 unspecified atom stereocenters. The molecule has 7 nitrogen and oxygen atoms in total. The minimum Gasteiger partial charge on any atom is -0.442 e. The van der Waals surface area contributed by atoms with E-state index in [1.807, 2.05) is 37.3 Å². The number of aromatic amines is 1. The van der Waals surface area contributed by atoms with Crippen molar-refractivity contribution in [2.24, 2.45) is 11.7 Å². The van der Waals surface area contributed by atoms with Crippen LogP contribution in [0.3, 0.4) is 0 Å². The lowest BCUT2D eigenvalue weighted by Crippen LogP contribution is -2.16. The van der Waals surface area contributed by atoms with Crippen LogP contribution in [0.1, 0.15) is 83.9 Å². The average molecular weight is 433 g/mol. The van der Waals surface area contributed by atoms with Gasteiger partial charge in [-0.1, -0.05) is 44.1 Å². The van der Waals surface area contributed by atoms with Gasteiger partial charge in [-0.25, -0.2) is 9.97 Å². The number of imidazole rings is 1. The van der Waals surface area contributed by atoms with Gasteiger partial charge in [0.1, 0.15) is 12.1 Å². The molecule has 1 aromatic carbocycles. The zero-order chi connectivity index (χ0) is 22.5. The zero-order valence-electron chi connectivity index (χ0n) is 18.2. The number of nitrogens with zero attached hydrogens (tertiary/aromatic N) is 2. The van der Waals surface area contributed by atoms with E-state index in [1.165, 1.54) is 12.5 Å². The van der Waals surface area contributed by atoms with Crippen molar-refractivity contribution in [1.82, 2.24) is 15.0 Å². The van der Waals surface area contributed by atoms with Crippen molar-refractivity contribution < 1.29 is 14.0 Å². The Morgan fingerprint density at radius 2 is 2.12 bits per heavy atom. The number of nitrogens with two attached hydrogens (primary N) is 1. The third-order valence-corrected chi connectivity index (χ3v) is 5.95. The van der Waals surface area contributed by atoms with Crippen LogP contribution in [-0.2, 0) is 0 Å². The van der Waals surface area contributed by atoms with E-state index in [0.29, 0.717) is 6.42 Å². The molecule has 0 saturated heterocycles. The van der Waals surface area contributed by atoms with Crippen LogP contribution >= 0.6 is 0 Å². The molecule has 2 atom stereocenters. The lowest BCUT2D eigenvalue weighted by molar-refractivity contribution is 0.0935. The fourth-order valence-corrected chi connectivity index (χ4v) is 4.02. The summed E-state index contributed by atoms with van der Waals surface area (Å²) in [6.45, 7) is 2.03. The molecular weight excluding hydrogens is 404 g/mol.